The fourth-order valence-electron chi connectivity index (χ4n) is 4.12. The van der Waals surface area contributed by atoms with Crippen LogP contribution in [0.2, 0.25) is 0 Å². The van der Waals surface area contributed by atoms with Gasteiger partial charge in [-0.1, -0.05) is 29.2 Å². The van der Waals surface area contributed by atoms with Crippen LogP contribution in [0.15, 0.2) is 45.5 Å². The van der Waals surface area contributed by atoms with Gasteiger partial charge in [0.05, 0.1) is 17.1 Å². The molecule has 1 aliphatic rings. The fourth-order valence-corrected chi connectivity index (χ4v) is 8.47. The van der Waals surface area contributed by atoms with Crippen LogP contribution < -0.4 is 24.2 Å². The van der Waals surface area contributed by atoms with Crippen molar-refractivity contribution >= 4 is 62.6 Å². The lowest BCUT2D eigenvalue weighted by Gasteiger charge is -2.12. The first-order chi connectivity index (χ1) is 15.9. The number of thiophene rings is 1. The number of anilines is 1. The predicted molar refractivity (Wildman–Crippen MR) is 143 cm³/mol. The summed E-state index contributed by atoms with van der Waals surface area (Å²) < 4.78 is 6.00. The predicted octanol–water partition coefficient (Wildman–Crippen LogP) is 4.45. The zero-order valence-corrected chi connectivity index (χ0v) is 22.6. The van der Waals surface area contributed by atoms with Gasteiger partial charge in [-0.05, 0) is 51.5 Å². The van der Waals surface area contributed by atoms with E-state index in [1.165, 1.54) is 31.5 Å². The van der Waals surface area contributed by atoms with Gasteiger partial charge in [0.2, 0.25) is 0 Å². The molecule has 8 heteroatoms. The Kier molecular flexibility index (Phi) is 6.11. The summed E-state index contributed by atoms with van der Waals surface area (Å²) in [6, 6.07) is 8.75. The van der Waals surface area contributed by atoms with Crippen molar-refractivity contribution < 1.29 is 4.57 Å². The molecular weight excluding hydrogens is 487 g/mol. The maximum atomic E-state index is 13.4. The van der Waals surface area contributed by atoms with Crippen LogP contribution >= 0.6 is 45.8 Å². The Hall–Kier alpha value is -2.13. The Morgan fingerprint density at radius 2 is 1.94 bits per heavy atom. The number of hydrogen-bond donors (Lipinski definition) is 0. The SMILES string of the molecule is CCn1c(=O)/c(=C2\Sc3cc(C)ccc3N2C)s/c1=C\c1scc[n+]1Cc1cc(C)sc1C. The highest BCUT2D eigenvalue weighted by Gasteiger charge is 2.25. The van der Waals surface area contributed by atoms with Gasteiger partial charge in [0.25, 0.3) is 10.6 Å². The number of thiazole rings is 2. The zero-order valence-electron chi connectivity index (χ0n) is 19.3. The summed E-state index contributed by atoms with van der Waals surface area (Å²) in [5.74, 6) is 0. The van der Waals surface area contributed by atoms with Crippen LogP contribution in [0.5, 0.6) is 0 Å². The van der Waals surface area contributed by atoms with Gasteiger partial charge in [-0.15, -0.1) is 22.7 Å². The van der Waals surface area contributed by atoms with Crippen molar-refractivity contribution in [3.05, 3.63) is 81.3 Å². The van der Waals surface area contributed by atoms with Gasteiger partial charge in [0.15, 0.2) is 12.7 Å². The van der Waals surface area contributed by atoms with E-state index in [1.807, 2.05) is 22.8 Å². The first-order valence-electron chi connectivity index (χ1n) is 10.9. The second-order valence-corrected chi connectivity index (χ2v) is 12.7. The van der Waals surface area contributed by atoms with E-state index in [2.05, 4.69) is 79.2 Å². The van der Waals surface area contributed by atoms with Crippen molar-refractivity contribution in [1.82, 2.24) is 4.57 Å². The highest BCUT2D eigenvalue weighted by molar-refractivity contribution is 8.08. The molecule has 4 nitrogen and oxygen atoms in total. The smallest absolute Gasteiger partial charge is 0.271 e. The van der Waals surface area contributed by atoms with Crippen molar-refractivity contribution in [3.63, 3.8) is 0 Å². The van der Waals surface area contributed by atoms with E-state index in [1.54, 1.807) is 34.4 Å². The Labute approximate surface area is 209 Å². The molecule has 5 rings (SSSR count). The molecule has 1 aliphatic heterocycles. The minimum absolute atomic E-state index is 0.0973. The summed E-state index contributed by atoms with van der Waals surface area (Å²) in [7, 11) is 2.06. The van der Waals surface area contributed by atoms with Crippen molar-refractivity contribution in [1.29, 1.82) is 0 Å². The highest BCUT2D eigenvalue weighted by atomic mass is 32.2. The maximum absolute atomic E-state index is 13.4. The van der Waals surface area contributed by atoms with Crippen molar-refractivity contribution in [3.8, 4) is 0 Å². The summed E-state index contributed by atoms with van der Waals surface area (Å²) in [5.41, 5.74) is 3.86. The van der Waals surface area contributed by atoms with Gasteiger partial charge in [0.1, 0.15) is 14.2 Å². The molecule has 0 saturated carbocycles. The number of aryl methyl sites for hydroxylation is 3. The quantitative estimate of drug-likeness (QED) is 0.379. The molecule has 0 saturated heterocycles. The summed E-state index contributed by atoms with van der Waals surface area (Å²) in [4.78, 5) is 19.5. The van der Waals surface area contributed by atoms with Crippen LogP contribution in [0.25, 0.3) is 11.1 Å². The molecule has 4 heterocycles. The summed E-state index contributed by atoms with van der Waals surface area (Å²) in [5, 5.41) is 4.30. The van der Waals surface area contributed by atoms with Crippen molar-refractivity contribution in [2.45, 2.75) is 45.7 Å². The molecule has 0 atom stereocenters. The van der Waals surface area contributed by atoms with Crippen LogP contribution in [0.3, 0.4) is 0 Å². The largest absolute Gasteiger partial charge is 0.337 e. The second kappa shape index (κ2) is 8.91. The van der Waals surface area contributed by atoms with E-state index < -0.39 is 0 Å². The van der Waals surface area contributed by atoms with Gasteiger partial charge >= 0.3 is 0 Å². The van der Waals surface area contributed by atoms with E-state index >= 15 is 0 Å². The van der Waals surface area contributed by atoms with Crippen LogP contribution in [0, 0.1) is 20.8 Å². The van der Waals surface area contributed by atoms with Gasteiger partial charge < -0.3 is 4.90 Å². The minimum atomic E-state index is 0.0973. The lowest BCUT2D eigenvalue weighted by atomic mass is 10.2. The van der Waals surface area contributed by atoms with Crippen LogP contribution in [-0.4, -0.2) is 11.6 Å². The summed E-state index contributed by atoms with van der Waals surface area (Å²) >= 11 is 6.86. The Morgan fingerprint density at radius 3 is 2.67 bits per heavy atom. The number of nitrogens with zero attached hydrogens (tertiary/aromatic N) is 3. The number of benzene rings is 1. The molecule has 0 unspecified atom stereocenters. The van der Waals surface area contributed by atoms with Crippen LogP contribution in [0.1, 0.15) is 32.8 Å². The third-order valence-electron chi connectivity index (χ3n) is 5.85. The van der Waals surface area contributed by atoms with Crippen molar-refractivity contribution in [2.75, 3.05) is 11.9 Å². The Bertz CT molecular complexity index is 1540. The van der Waals surface area contributed by atoms with E-state index in [9.17, 15) is 4.79 Å². The lowest BCUT2D eigenvalue weighted by molar-refractivity contribution is -0.685. The molecule has 0 N–H and O–H groups in total. The molecular formula is C25H26N3OS4+. The molecule has 0 aliphatic carbocycles. The number of hydrogen-bond acceptors (Lipinski definition) is 6. The summed E-state index contributed by atoms with van der Waals surface area (Å²) in [6.45, 7) is 10.0. The maximum Gasteiger partial charge on any atom is 0.271 e. The molecule has 0 spiro atoms. The molecule has 0 fully saturated rings. The van der Waals surface area contributed by atoms with E-state index in [0.29, 0.717) is 6.54 Å². The molecule has 0 amide bonds. The van der Waals surface area contributed by atoms with E-state index in [4.69, 9.17) is 0 Å². The highest BCUT2D eigenvalue weighted by Crippen LogP contribution is 2.45. The van der Waals surface area contributed by atoms with E-state index in [-0.39, 0.29) is 5.56 Å². The second-order valence-electron chi connectivity index (χ2n) is 8.21. The monoisotopic (exact) mass is 512 g/mol. The van der Waals surface area contributed by atoms with Gasteiger partial charge in [-0.3, -0.25) is 9.36 Å². The van der Waals surface area contributed by atoms with E-state index in [0.717, 1.165) is 25.8 Å². The first kappa shape index (κ1) is 22.7. The van der Waals surface area contributed by atoms with Crippen molar-refractivity contribution in [2.24, 2.45) is 0 Å². The normalized spacial score (nSPS) is 15.5. The zero-order chi connectivity index (χ0) is 23.3. The summed E-state index contributed by atoms with van der Waals surface area (Å²) in [6.07, 6.45) is 4.32. The first-order valence-corrected chi connectivity index (χ1v) is 14.2. The fraction of sp³-hybridized carbons (Fsp3) is 0.280. The molecule has 0 bridgehead atoms. The topological polar surface area (TPSA) is 29.1 Å². The molecule has 1 aromatic carbocycles. The standard InChI is InChI=1S/C25H26N3OS4/c1-6-28-22(13-21-27(9-10-30-21)14-18-12-16(3)31-17(18)4)33-23(24(28)29)25-26(5)19-8-7-15(2)11-20(19)32-25/h7-13H,6,14H2,1-5H3/q+1/b25-23+. The molecule has 3 aromatic heterocycles. The molecule has 0 radical (unpaired) electrons. The lowest BCUT2D eigenvalue weighted by Crippen LogP contribution is -2.36. The third-order valence-corrected chi connectivity index (χ3v) is 10.2. The van der Waals surface area contributed by atoms with Crippen LogP contribution in [0.4, 0.5) is 5.69 Å². The Morgan fingerprint density at radius 1 is 1.12 bits per heavy atom. The molecule has 4 aromatic rings. The average Bonchev–Trinajstić information content (AvgIpc) is 3.50. The van der Waals surface area contributed by atoms with Gasteiger partial charge in [-0.25, -0.2) is 0 Å². The Balaban J connectivity index is 1.61. The minimum Gasteiger partial charge on any atom is -0.337 e. The third kappa shape index (κ3) is 4.14. The van der Waals surface area contributed by atoms with Gasteiger partial charge in [-0.2, -0.15) is 4.57 Å². The average molecular weight is 513 g/mol. The number of fused-ring (bicyclic) bond motifs is 1. The number of aromatic nitrogens is 2. The number of rotatable bonds is 4. The number of thioether (sulfide) groups is 1. The van der Waals surface area contributed by atoms with Crippen LogP contribution in [-0.2, 0) is 13.1 Å². The van der Waals surface area contributed by atoms with Gasteiger partial charge in [0, 0.05) is 33.8 Å². The molecule has 33 heavy (non-hydrogen) atoms. The molecule has 170 valence electrons.